The number of ether oxygens (including phenoxy) is 1. The zero-order valence-electron chi connectivity index (χ0n) is 11.6. The Labute approximate surface area is 133 Å². The highest BCUT2D eigenvalue weighted by Gasteiger charge is 2.19. The Morgan fingerprint density at radius 2 is 2.00 bits per heavy atom. The fraction of sp³-hybridized carbons (Fsp3) is 0.375. The highest BCUT2D eigenvalue weighted by atomic mass is 79.9. The molecule has 1 aromatic heterocycles. The van der Waals surface area contributed by atoms with Gasteiger partial charge in [0.1, 0.15) is 0 Å². The van der Waals surface area contributed by atoms with Gasteiger partial charge in [-0.25, -0.2) is 0 Å². The maximum Gasteiger partial charge on any atom is 0.0975 e. The molecule has 4 heteroatoms. The van der Waals surface area contributed by atoms with E-state index in [-0.39, 0.29) is 12.1 Å². The molecule has 0 saturated heterocycles. The van der Waals surface area contributed by atoms with Crippen LogP contribution in [-0.2, 0) is 11.2 Å². The smallest absolute Gasteiger partial charge is 0.0975 e. The molecule has 0 saturated carbocycles. The number of rotatable bonds is 7. The lowest BCUT2D eigenvalue weighted by Gasteiger charge is -2.24. The first-order valence-corrected chi connectivity index (χ1v) is 8.53. The number of benzene rings is 1. The van der Waals surface area contributed by atoms with Gasteiger partial charge in [0, 0.05) is 21.8 Å². The lowest BCUT2D eigenvalue weighted by molar-refractivity contribution is 0.0357. The third-order valence-corrected chi connectivity index (χ3v) is 4.75. The molecule has 2 aromatic rings. The fourth-order valence-corrected chi connectivity index (χ4v) is 3.03. The topological polar surface area (TPSA) is 35.2 Å². The van der Waals surface area contributed by atoms with Crippen molar-refractivity contribution in [2.45, 2.75) is 31.9 Å². The molecule has 1 aromatic carbocycles. The van der Waals surface area contributed by atoms with Crippen molar-refractivity contribution < 1.29 is 4.74 Å². The van der Waals surface area contributed by atoms with Crippen molar-refractivity contribution in [1.29, 1.82) is 0 Å². The van der Waals surface area contributed by atoms with Crippen molar-refractivity contribution in [2.75, 3.05) is 6.61 Å². The lowest BCUT2D eigenvalue weighted by Crippen LogP contribution is -2.30. The third kappa shape index (κ3) is 4.42. The molecule has 108 valence electrons. The molecule has 2 N–H and O–H groups in total. The van der Waals surface area contributed by atoms with Gasteiger partial charge in [0.2, 0.25) is 0 Å². The Bertz CT molecular complexity index is 498. The molecule has 0 spiro atoms. The molecule has 0 radical (unpaired) electrons. The Kier molecular flexibility index (Phi) is 6.23. The predicted octanol–water partition coefficient (Wildman–Crippen LogP) is 4.55. The maximum atomic E-state index is 6.21. The monoisotopic (exact) mass is 353 g/mol. The summed E-state index contributed by atoms with van der Waals surface area (Å²) in [6.45, 7) is 2.80. The van der Waals surface area contributed by atoms with Crippen molar-refractivity contribution in [2.24, 2.45) is 5.73 Å². The van der Waals surface area contributed by atoms with Crippen LogP contribution in [0.25, 0.3) is 0 Å². The van der Waals surface area contributed by atoms with Crippen molar-refractivity contribution in [3.63, 3.8) is 0 Å². The van der Waals surface area contributed by atoms with Crippen LogP contribution < -0.4 is 5.73 Å². The van der Waals surface area contributed by atoms with Crippen molar-refractivity contribution in [3.8, 4) is 0 Å². The summed E-state index contributed by atoms with van der Waals surface area (Å²) in [7, 11) is 0. The van der Waals surface area contributed by atoms with E-state index in [1.165, 1.54) is 4.88 Å². The largest absolute Gasteiger partial charge is 0.372 e. The van der Waals surface area contributed by atoms with Crippen LogP contribution in [0.2, 0.25) is 0 Å². The summed E-state index contributed by atoms with van der Waals surface area (Å²) in [5.74, 6) is 0. The minimum absolute atomic E-state index is 0.0273. The van der Waals surface area contributed by atoms with E-state index >= 15 is 0 Å². The second-order valence-corrected chi connectivity index (χ2v) is 6.69. The van der Waals surface area contributed by atoms with E-state index in [0.29, 0.717) is 6.61 Å². The van der Waals surface area contributed by atoms with Crippen LogP contribution in [0, 0.1) is 0 Å². The Balaban J connectivity index is 1.98. The van der Waals surface area contributed by atoms with E-state index in [2.05, 4.69) is 52.5 Å². The van der Waals surface area contributed by atoms with Gasteiger partial charge in [-0.05, 0) is 35.6 Å². The average molecular weight is 354 g/mol. The quantitative estimate of drug-likeness (QED) is 0.792. The molecule has 2 unspecified atom stereocenters. The van der Waals surface area contributed by atoms with Gasteiger partial charge in [-0.1, -0.05) is 41.1 Å². The predicted molar refractivity (Wildman–Crippen MR) is 89.1 cm³/mol. The molecule has 20 heavy (non-hydrogen) atoms. The summed E-state index contributed by atoms with van der Waals surface area (Å²) < 4.78 is 7.13. The minimum atomic E-state index is -0.0342. The summed E-state index contributed by atoms with van der Waals surface area (Å²) in [4.78, 5) is 1.35. The molecule has 0 fully saturated rings. The minimum Gasteiger partial charge on any atom is -0.372 e. The second-order valence-electron chi connectivity index (χ2n) is 4.74. The number of hydrogen-bond acceptors (Lipinski definition) is 3. The standard InChI is InChI=1S/C16H20BrNOS/c1-2-15(18)16(12-5-7-13(17)8-6-12)19-10-9-14-4-3-11-20-14/h3-8,11,15-16H,2,9-10,18H2,1H3. The van der Waals surface area contributed by atoms with Gasteiger partial charge in [-0.2, -0.15) is 0 Å². The molecule has 0 amide bonds. The molecule has 0 aliphatic rings. The van der Waals surface area contributed by atoms with Gasteiger partial charge in [0.25, 0.3) is 0 Å². The number of halogens is 1. The first-order chi connectivity index (χ1) is 9.70. The Hall–Kier alpha value is -0.680. The molecule has 0 bridgehead atoms. The summed E-state index contributed by atoms with van der Waals surface area (Å²) in [6.07, 6.45) is 1.81. The first-order valence-electron chi connectivity index (χ1n) is 6.85. The first kappa shape index (κ1) is 15.7. The van der Waals surface area contributed by atoms with E-state index in [1.54, 1.807) is 11.3 Å². The highest BCUT2D eigenvalue weighted by Crippen LogP contribution is 2.24. The molecule has 2 rings (SSSR count). The Morgan fingerprint density at radius 3 is 2.60 bits per heavy atom. The second kappa shape index (κ2) is 7.93. The maximum absolute atomic E-state index is 6.21. The van der Waals surface area contributed by atoms with Crippen LogP contribution in [0.3, 0.4) is 0 Å². The van der Waals surface area contributed by atoms with Gasteiger partial charge in [-0.3, -0.25) is 0 Å². The average Bonchev–Trinajstić information content (AvgIpc) is 2.97. The number of hydrogen-bond donors (Lipinski definition) is 1. The van der Waals surface area contributed by atoms with Crippen LogP contribution in [0.1, 0.15) is 29.9 Å². The van der Waals surface area contributed by atoms with E-state index in [9.17, 15) is 0 Å². The van der Waals surface area contributed by atoms with Crippen LogP contribution >= 0.6 is 27.3 Å². The molecular weight excluding hydrogens is 334 g/mol. The van der Waals surface area contributed by atoms with Crippen molar-refractivity contribution in [1.82, 2.24) is 0 Å². The normalized spacial score (nSPS) is 14.2. The van der Waals surface area contributed by atoms with Crippen LogP contribution in [0.4, 0.5) is 0 Å². The molecule has 1 heterocycles. The van der Waals surface area contributed by atoms with E-state index in [0.717, 1.165) is 22.9 Å². The molecule has 0 aliphatic carbocycles. The van der Waals surface area contributed by atoms with Gasteiger partial charge < -0.3 is 10.5 Å². The zero-order valence-corrected chi connectivity index (χ0v) is 14.0. The highest BCUT2D eigenvalue weighted by molar-refractivity contribution is 9.10. The van der Waals surface area contributed by atoms with Crippen molar-refractivity contribution >= 4 is 27.3 Å². The van der Waals surface area contributed by atoms with E-state index in [1.807, 2.05) is 12.1 Å². The number of thiophene rings is 1. The van der Waals surface area contributed by atoms with Crippen LogP contribution in [0.15, 0.2) is 46.3 Å². The van der Waals surface area contributed by atoms with Gasteiger partial charge in [0.05, 0.1) is 12.7 Å². The molecular formula is C16H20BrNOS. The van der Waals surface area contributed by atoms with E-state index in [4.69, 9.17) is 10.5 Å². The SMILES string of the molecule is CCC(N)C(OCCc1cccs1)c1ccc(Br)cc1. The Morgan fingerprint density at radius 1 is 1.25 bits per heavy atom. The molecule has 2 atom stereocenters. The number of nitrogens with two attached hydrogens (primary N) is 1. The van der Waals surface area contributed by atoms with Gasteiger partial charge >= 0.3 is 0 Å². The summed E-state index contributed by atoms with van der Waals surface area (Å²) in [5.41, 5.74) is 7.36. The summed E-state index contributed by atoms with van der Waals surface area (Å²) >= 11 is 5.23. The zero-order chi connectivity index (χ0) is 14.4. The van der Waals surface area contributed by atoms with Crippen LogP contribution in [-0.4, -0.2) is 12.6 Å². The summed E-state index contributed by atoms with van der Waals surface area (Å²) in [5, 5.41) is 2.10. The van der Waals surface area contributed by atoms with E-state index < -0.39 is 0 Å². The molecule has 0 aliphatic heterocycles. The lowest BCUT2D eigenvalue weighted by atomic mass is 10.0. The third-order valence-electron chi connectivity index (χ3n) is 3.28. The summed E-state index contributed by atoms with van der Waals surface area (Å²) in [6, 6.07) is 12.5. The molecule has 2 nitrogen and oxygen atoms in total. The van der Waals surface area contributed by atoms with Crippen LogP contribution in [0.5, 0.6) is 0 Å². The van der Waals surface area contributed by atoms with Crippen molar-refractivity contribution in [3.05, 3.63) is 56.7 Å². The fourth-order valence-electron chi connectivity index (χ4n) is 2.07. The van der Waals surface area contributed by atoms with Gasteiger partial charge in [0.15, 0.2) is 0 Å². The van der Waals surface area contributed by atoms with Gasteiger partial charge in [-0.15, -0.1) is 11.3 Å².